The highest BCUT2D eigenvalue weighted by Gasteiger charge is 2.75. The van der Waals surface area contributed by atoms with E-state index in [4.69, 9.17) is 14.2 Å². The van der Waals surface area contributed by atoms with E-state index in [9.17, 15) is 19.8 Å². The molecule has 216 valence electrons. The number of aliphatic hydroxyl groups excluding tert-OH is 2. The molecule has 0 radical (unpaired) electrons. The second-order valence-corrected chi connectivity index (χ2v) is 14.1. The smallest absolute Gasteiger partial charge is 0.308 e. The van der Waals surface area contributed by atoms with Crippen LogP contribution in [0.1, 0.15) is 85.5 Å². The molecule has 5 fully saturated rings. The van der Waals surface area contributed by atoms with E-state index in [1.807, 2.05) is 6.08 Å². The third kappa shape index (κ3) is 4.04. The van der Waals surface area contributed by atoms with Gasteiger partial charge < -0.3 is 24.4 Å². The predicted octanol–water partition coefficient (Wildman–Crippen LogP) is 4.50. The minimum absolute atomic E-state index is 0.0131. The lowest BCUT2D eigenvalue weighted by atomic mass is 9.46. The van der Waals surface area contributed by atoms with Crippen molar-refractivity contribution < 1.29 is 34.0 Å². The van der Waals surface area contributed by atoms with Crippen molar-refractivity contribution in [2.45, 2.75) is 116 Å². The molecule has 2 N–H and O–H groups in total. The first-order valence-corrected chi connectivity index (χ1v) is 15.3. The number of rotatable bonds is 5. The van der Waals surface area contributed by atoms with E-state index in [0.29, 0.717) is 12.3 Å². The van der Waals surface area contributed by atoms with Gasteiger partial charge in [-0.25, -0.2) is 0 Å². The van der Waals surface area contributed by atoms with Crippen molar-refractivity contribution in [3.8, 4) is 0 Å². The van der Waals surface area contributed by atoms with Gasteiger partial charge in [-0.15, -0.1) is 0 Å². The van der Waals surface area contributed by atoms with Crippen molar-refractivity contribution in [3.05, 3.63) is 23.8 Å². The highest BCUT2D eigenvalue weighted by molar-refractivity contribution is 6.01. The van der Waals surface area contributed by atoms with E-state index >= 15 is 0 Å². The Balaban J connectivity index is 1.35. The number of fused-ring (bicyclic) bond motifs is 7. The maximum atomic E-state index is 12.4. The van der Waals surface area contributed by atoms with Crippen molar-refractivity contribution in [2.75, 3.05) is 6.61 Å². The molecule has 0 spiro atoms. The fraction of sp³-hybridized carbons (Fsp3) is 0.812. The van der Waals surface area contributed by atoms with Crippen LogP contribution in [-0.2, 0) is 23.8 Å². The van der Waals surface area contributed by atoms with E-state index in [1.54, 1.807) is 26.0 Å². The minimum Gasteiger partial charge on any atom is -0.463 e. The quantitative estimate of drug-likeness (QED) is 0.494. The molecule has 6 aliphatic rings. The molecule has 1 heterocycles. The molecule has 7 heteroatoms. The van der Waals surface area contributed by atoms with Gasteiger partial charge in [-0.3, -0.25) is 9.59 Å². The summed E-state index contributed by atoms with van der Waals surface area (Å²) in [5, 5.41) is 23.8. The first-order chi connectivity index (χ1) is 18.5. The Hall–Kier alpha value is -1.54. The number of allylic oxidation sites excluding steroid dienone is 4. The number of esters is 1. The number of ketones is 1. The van der Waals surface area contributed by atoms with E-state index < -0.39 is 23.2 Å². The van der Waals surface area contributed by atoms with Gasteiger partial charge in [0, 0.05) is 22.7 Å². The van der Waals surface area contributed by atoms with E-state index in [2.05, 4.69) is 13.8 Å². The summed E-state index contributed by atoms with van der Waals surface area (Å²) in [7, 11) is 0. The van der Waals surface area contributed by atoms with Crippen molar-refractivity contribution in [1.82, 2.24) is 0 Å². The highest BCUT2D eigenvalue weighted by atomic mass is 16.7. The Kier molecular flexibility index (Phi) is 6.93. The zero-order chi connectivity index (χ0) is 27.7. The summed E-state index contributed by atoms with van der Waals surface area (Å²) in [6.07, 6.45) is 11.6. The van der Waals surface area contributed by atoms with Crippen molar-refractivity contribution in [2.24, 2.45) is 40.4 Å². The summed E-state index contributed by atoms with van der Waals surface area (Å²) < 4.78 is 19.3. The van der Waals surface area contributed by atoms with Gasteiger partial charge in [0.25, 0.3) is 0 Å². The maximum Gasteiger partial charge on any atom is 0.308 e. The van der Waals surface area contributed by atoms with E-state index in [1.165, 1.54) is 6.42 Å². The predicted molar refractivity (Wildman–Crippen MR) is 144 cm³/mol. The van der Waals surface area contributed by atoms with Gasteiger partial charge in [0.2, 0.25) is 0 Å². The summed E-state index contributed by atoms with van der Waals surface area (Å²) in [5.74, 6) is 0.0504. The van der Waals surface area contributed by atoms with Crippen LogP contribution in [0.4, 0.5) is 0 Å². The third-order valence-electron chi connectivity index (χ3n) is 11.7. The number of ether oxygens (including phenoxy) is 3. The first-order valence-electron chi connectivity index (χ1n) is 15.3. The topological polar surface area (TPSA) is 102 Å². The monoisotopic (exact) mass is 542 g/mol. The van der Waals surface area contributed by atoms with Crippen LogP contribution < -0.4 is 0 Å². The van der Waals surface area contributed by atoms with Gasteiger partial charge >= 0.3 is 5.97 Å². The molecule has 39 heavy (non-hydrogen) atoms. The van der Waals surface area contributed by atoms with Crippen LogP contribution in [0.2, 0.25) is 0 Å². The standard InChI is InChI=1S/C32H46O7/c1-18(2)28(36)37-17-25(35)32-26(38-29(39-32)19-8-6-5-7-9-19)15-23-22-11-10-20-14-21(33)12-13-30(20,3)27(22)24(34)16-31(23,32)4/h12-14,18-19,22-27,29,34-35H,5-11,15-17H2,1-4H3/t22?,23-,24-,25?,26+,27+,29+,30-,31-,32?/m0/s1. The minimum atomic E-state index is -1.06. The molecular formula is C32H46O7. The highest BCUT2D eigenvalue weighted by Crippen LogP contribution is 2.70. The van der Waals surface area contributed by atoms with Gasteiger partial charge in [0.15, 0.2) is 12.1 Å². The van der Waals surface area contributed by atoms with Crippen LogP contribution in [-0.4, -0.2) is 58.8 Å². The summed E-state index contributed by atoms with van der Waals surface area (Å²) in [6, 6.07) is 0. The molecule has 0 bridgehead atoms. The Morgan fingerprint density at radius 1 is 1.18 bits per heavy atom. The zero-order valence-corrected chi connectivity index (χ0v) is 23.9. The van der Waals surface area contributed by atoms with E-state index in [0.717, 1.165) is 50.5 Å². The lowest BCUT2D eigenvalue weighted by Crippen LogP contribution is -2.65. The number of hydrogen-bond acceptors (Lipinski definition) is 7. The lowest BCUT2D eigenvalue weighted by molar-refractivity contribution is -0.241. The SMILES string of the molecule is CC(C)C(=O)OCC(O)C12O[C@H](C3CCCCC3)O[C@@H]1C[C@H]1C3CCC4=CC(=O)C=C[C@]4(C)[C@H]3[C@@H](O)C[C@@]12C. The molecule has 5 aliphatic carbocycles. The van der Waals surface area contributed by atoms with Crippen LogP contribution in [0.15, 0.2) is 23.8 Å². The van der Waals surface area contributed by atoms with Crippen LogP contribution in [0, 0.1) is 40.4 Å². The first kappa shape index (κ1) is 27.6. The molecule has 1 aliphatic heterocycles. The van der Waals surface area contributed by atoms with Crippen molar-refractivity contribution in [1.29, 1.82) is 0 Å². The second kappa shape index (κ2) is 9.78. The number of aliphatic hydroxyl groups is 2. The van der Waals surface area contributed by atoms with Gasteiger partial charge in [0.05, 0.1) is 18.1 Å². The molecule has 0 amide bonds. The fourth-order valence-electron chi connectivity index (χ4n) is 9.82. The molecule has 0 aromatic carbocycles. The number of carbonyl (C=O) groups is 2. The molecule has 1 saturated heterocycles. The van der Waals surface area contributed by atoms with Gasteiger partial charge in [0.1, 0.15) is 18.3 Å². The van der Waals surface area contributed by atoms with Crippen LogP contribution in [0.25, 0.3) is 0 Å². The second-order valence-electron chi connectivity index (χ2n) is 14.1. The lowest BCUT2D eigenvalue weighted by Gasteiger charge is -2.60. The van der Waals surface area contributed by atoms with Gasteiger partial charge in [-0.2, -0.15) is 0 Å². The maximum absolute atomic E-state index is 12.4. The third-order valence-corrected chi connectivity index (χ3v) is 11.7. The van der Waals surface area contributed by atoms with Crippen LogP contribution in [0.3, 0.4) is 0 Å². The fourth-order valence-corrected chi connectivity index (χ4v) is 9.82. The Labute approximate surface area is 232 Å². The Morgan fingerprint density at radius 2 is 1.92 bits per heavy atom. The van der Waals surface area contributed by atoms with Crippen molar-refractivity contribution in [3.63, 3.8) is 0 Å². The summed E-state index contributed by atoms with van der Waals surface area (Å²) in [5.41, 5.74) is -0.854. The summed E-state index contributed by atoms with van der Waals surface area (Å²) in [4.78, 5) is 24.6. The largest absolute Gasteiger partial charge is 0.463 e. The Morgan fingerprint density at radius 3 is 2.64 bits per heavy atom. The molecular weight excluding hydrogens is 496 g/mol. The molecule has 10 atom stereocenters. The van der Waals surface area contributed by atoms with Crippen LogP contribution >= 0.6 is 0 Å². The Bertz CT molecular complexity index is 1060. The average Bonchev–Trinajstić information content (AvgIpc) is 3.41. The molecule has 4 saturated carbocycles. The molecule has 6 rings (SSSR count). The van der Waals surface area contributed by atoms with Gasteiger partial charge in [-0.1, -0.05) is 58.6 Å². The van der Waals surface area contributed by atoms with E-state index in [-0.39, 0.29) is 59.8 Å². The molecule has 7 nitrogen and oxygen atoms in total. The molecule has 3 unspecified atom stereocenters. The summed E-state index contributed by atoms with van der Waals surface area (Å²) in [6.45, 7) is 7.77. The number of hydrogen-bond donors (Lipinski definition) is 2. The number of carbonyl (C=O) groups excluding carboxylic acids is 2. The molecule has 0 aromatic heterocycles. The molecule has 0 aromatic rings. The zero-order valence-electron chi connectivity index (χ0n) is 23.9. The van der Waals surface area contributed by atoms with Crippen molar-refractivity contribution >= 4 is 11.8 Å². The normalized spacial score (nSPS) is 46.2. The van der Waals surface area contributed by atoms with Crippen LogP contribution in [0.5, 0.6) is 0 Å². The average molecular weight is 543 g/mol. The summed E-state index contributed by atoms with van der Waals surface area (Å²) >= 11 is 0. The van der Waals surface area contributed by atoms with Gasteiger partial charge in [-0.05, 0) is 62.5 Å².